The monoisotopic (exact) mass is 443 g/mol. The summed E-state index contributed by atoms with van der Waals surface area (Å²) in [5, 5.41) is -0.219. The summed E-state index contributed by atoms with van der Waals surface area (Å²) < 4.78 is 72.1. The summed E-state index contributed by atoms with van der Waals surface area (Å²) in [6.07, 6.45) is 0. The molecule has 25 heavy (non-hydrogen) atoms. The molecule has 0 unspecified atom stereocenters. The number of ether oxygens (including phenoxy) is 2. The zero-order chi connectivity index (χ0) is 19.2. The quantitative estimate of drug-likeness (QED) is 0.677. The second-order valence-electron chi connectivity index (χ2n) is 4.58. The molecule has 0 bridgehead atoms. The first kappa shape index (κ1) is 19.2. The van der Waals surface area contributed by atoms with Crippen LogP contribution < -0.4 is 0 Å². The lowest BCUT2D eigenvalue weighted by atomic mass is 10.1. The highest BCUT2D eigenvalue weighted by molar-refractivity contribution is 9.10. The number of rotatable bonds is 3. The Morgan fingerprint density at radius 2 is 1.68 bits per heavy atom. The molecule has 136 valence electrons. The van der Waals surface area contributed by atoms with Gasteiger partial charge in [-0.1, -0.05) is 22.0 Å². The molecule has 12 heteroatoms. The van der Waals surface area contributed by atoms with Crippen LogP contribution in [0.5, 0.6) is 0 Å². The van der Waals surface area contributed by atoms with Crippen LogP contribution in [0.2, 0.25) is 0 Å². The van der Waals surface area contributed by atoms with Crippen molar-refractivity contribution in [2.24, 2.45) is 0 Å². The van der Waals surface area contributed by atoms with Crippen molar-refractivity contribution in [3.63, 3.8) is 0 Å². The third-order valence-electron chi connectivity index (χ3n) is 3.19. The average Bonchev–Trinajstić information content (AvgIpc) is 2.86. The van der Waals surface area contributed by atoms with Crippen LogP contribution in [0.4, 0.5) is 13.2 Å². The molecule has 1 aromatic carbocycles. The molecule has 1 aromatic heterocycles. The fourth-order valence-corrected chi connectivity index (χ4v) is 3.55. The van der Waals surface area contributed by atoms with E-state index in [1.54, 1.807) is 0 Å². The van der Waals surface area contributed by atoms with E-state index in [0.29, 0.717) is 0 Å². The molecule has 1 heterocycles. The molecular formula is C13H9BrF3NO6S. The number of fused-ring (bicyclic) bond motifs is 1. The van der Waals surface area contributed by atoms with Crippen LogP contribution in [-0.2, 0) is 19.5 Å². The molecule has 0 aliphatic carbocycles. The van der Waals surface area contributed by atoms with E-state index in [-0.39, 0.29) is 13.8 Å². The van der Waals surface area contributed by atoms with E-state index in [2.05, 4.69) is 25.4 Å². The highest BCUT2D eigenvalue weighted by Gasteiger charge is 2.50. The SMILES string of the molecule is COC(=O)c1c(C(=O)OC)n(S(=O)(=O)C(F)(F)F)c2cc(Br)ccc12. The van der Waals surface area contributed by atoms with Gasteiger partial charge in [0, 0.05) is 9.86 Å². The van der Waals surface area contributed by atoms with Gasteiger partial charge >= 0.3 is 27.5 Å². The number of carbonyl (C=O) groups is 2. The Kier molecular flexibility index (Phi) is 4.88. The standard InChI is InChI=1S/C13H9BrF3NO6S/c1-23-11(19)9-7-4-3-6(14)5-8(7)18(10(9)12(20)24-2)25(21,22)13(15,16)17/h3-5H,1-2H3. The minimum atomic E-state index is -6.04. The maximum Gasteiger partial charge on any atom is 0.517 e. The van der Waals surface area contributed by atoms with Gasteiger partial charge in [-0.15, -0.1) is 0 Å². The number of hydrogen-bond acceptors (Lipinski definition) is 6. The number of halogens is 4. The molecule has 0 radical (unpaired) electrons. The van der Waals surface area contributed by atoms with Crippen LogP contribution in [0.3, 0.4) is 0 Å². The summed E-state index contributed by atoms with van der Waals surface area (Å²) in [4.78, 5) is 24.0. The number of hydrogen-bond donors (Lipinski definition) is 0. The highest BCUT2D eigenvalue weighted by atomic mass is 79.9. The van der Waals surface area contributed by atoms with Crippen molar-refractivity contribution in [2.45, 2.75) is 5.51 Å². The predicted molar refractivity (Wildman–Crippen MR) is 82.7 cm³/mol. The van der Waals surface area contributed by atoms with Crippen molar-refractivity contribution in [3.8, 4) is 0 Å². The summed E-state index contributed by atoms with van der Waals surface area (Å²) in [6.45, 7) is 0. The molecule has 7 nitrogen and oxygen atoms in total. The van der Waals surface area contributed by atoms with Gasteiger partial charge in [0.1, 0.15) is 5.56 Å². The molecule has 0 saturated carbocycles. The molecular weight excluding hydrogens is 435 g/mol. The van der Waals surface area contributed by atoms with Gasteiger partial charge in [0.05, 0.1) is 19.7 Å². The Morgan fingerprint density at radius 1 is 1.12 bits per heavy atom. The second-order valence-corrected chi connectivity index (χ2v) is 7.28. The lowest BCUT2D eigenvalue weighted by Gasteiger charge is -2.13. The number of alkyl halides is 3. The summed E-state index contributed by atoms with van der Waals surface area (Å²) in [5.74, 6) is -2.63. The van der Waals surface area contributed by atoms with E-state index in [4.69, 9.17) is 0 Å². The maximum atomic E-state index is 13.1. The molecule has 2 rings (SSSR count). The number of methoxy groups -OCH3 is 2. The largest absolute Gasteiger partial charge is 0.517 e. The summed E-state index contributed by atoms with van der Waals surface area (Å²) in [6, 6.07) is 3.57. The molecule has 0 aliphatic heterocycles. The van der Waals surface area contributed by atoms with E-state index in [0.717, 1.165) is 20.3 Å². The fourth-order valence-electron chi connectivity index (χ4n) is 2.18. The van der Waals surface area contributed by atoms with Crippen LogP contribution in [-0.4, -0.2) is 44.1 Å². The van der Waals surface area contributed by atoms with Crippen molar-refractivity contribution in [3.05, 3.63) is 33.9 Å². The van der Waals surface area contributed by atoms with Crippen molar-refractivity contribution in [1.29, 1.82) is 0 Å². The normalized spacial score (nSPS) is 12.2. The topological polar surface area (TPSA) is 91.7 Å². The molecule has 0 spiro atoms. The van der Waals surface area contributed by atoms with Gasteiger partial charge in [-0.25, -0.2) is 13.6 Å². The zero-order valence-electron chi connectivity index (χ0n) is 12.5. The summed E-state index contributed by atoms with van der Waals surface area (Å²) in [5.41, 5.74) is -8.01. The van der Waals surface area contributed by atoms with Crippen molar-refractivity contribution >= 4 is 48.8 Å². The van der Waals surface area contributed by atoms with E-state index >= 15 is 0 Å². The van der Waals surface area contributed by atoms with E-state index in [9.17, 15) is 31.2 Å². The molecule has 0 N–H and O–H groups in total. The van der Waals surface area contributed by atoms with Gasteiger partial charge in [0.15, 0.2) is 5.69 Å². The zero-order valence-corrected chi connectivity index (χ0v) is 15.0. The lowest BCUT2D eigenvalue weighted by Crippen LogP contribution is -2.32. The van der Waals surface area contributed by atoms with Crippen LogP contribution in [0.15, 0.2) is 22.7 Å². The van der Waals surface area contributed by atoms with E-state index < -0.39 is 44.2 Å². The maximum absolute atomic E-state index is 13.1. The van der Waals surface area contributed by atoms with Gasteiger partial charge in [-0.2, -0.15) is 21.6 Å². The van der Waals surface area contributed by atoms with Gasteiger partial charge in [0.2, 0.25) is 0 Å². The van der Waals surface area contributed by atoms with Crippen LogP contribution in [0.1, 0.15) is 20.8 Å². The van der Waals surface area contributed by atoms with Crippen LogP contribution >= 0.6 is 15.9 Å². The number of nitrogens with zero attached hydrogens (tertiary/aromatic N) is 1. The Labute approximate surface area is 147 Å². The molecule has 0 amide bonds. The number of benzene rings is 1. The number of esters is 2. The van der Waals surface area contributed by atoms with Gasteiger partial charge in [0.25, 0.3) is 0 Å². The van der Waals surface area contributed by atoms with Crippen LogP contribution in [0, 0.1) is 0 Å². The first-order valence-electron chi connectivity index (χ1n) is 6.29. The molecule has 0 atom stereocenters. The van der Waals surface area contributed by atoms with Crippen molar-refractivity contribution in [1.82, 2.24) is 3.97 Å². The molecule has 0 aliphatic rings. The van der Waals surface area contributed by atoms with E-state index in [1.165, 1.54) is 12.1 Å². The fraction of sp³-hybridized carbons (Fsp3) is 0.231. The van der Waals surface area contributed by atoms with E-state index in [1.807, 2.05) is 0 Å². The Hall–Kier alpha value is -2.08. The Balaban J connectivity index is 3.14. The third-order valence-corrected chi connectivity index (χ3v) is 5.13. The minimum Gasteiger partial charge on any atom is -0.465 e. The predicted octanol–water partition coefficient (Wildman–Crippen LogP) is 2.67. The third kappa shape index (κ3) is 2.99. The van der Waals surface area contributed by atoms with Gasteiger partial charge in [-0.05, 0) is 12.1 Å². The first-order valence-corrected chi connectivity index (χ1v) is 8.53. The average molecular weight is 444 g/mol. The number of aromatic nitrogens is 1. The Morgan fingerprint density at radius 3 is 2.16 bits per heavy atom. The smallest absolute Gasteiger partial charge is 0.465 e. The molecule has 0 saturated heterocycles. The molecule has 2 aromatic rings. The second kappa shape index (κ2) is 6.33. The lowest BCUT2D eigenvalue weighted by molar-refractivity contribution is -0.0445. The van der Waals surface area contributed by atoms with Gasteiger partial charge in [-0.3, -0.25) is 0 Å². The van der Waals surface area contributed by atoms with Crippen molar-refractivity contribution in [2.75, 3.05) is 14.2 Å². The summed E-state index contributed by atoms with van der Waals surface area (Å²) in [7, 11) is -4.27. The molecule has 0 fully saturated rings. The van der Waals surface area contributed by atoms with Gasteiger partial charge < -0.3 is 9.47 Å². The van der Waals surface area contributed by atoms with Crippen LogP contribution in [0.25, 0.3) is 10.9 Å². The highest BCUT2D eigenvalue weighted by Crippen LogP contribution is 2.36. The first-order chi connectivity index (χ1) is 11.5. The van der Waals surface area contributed by atoms with Crippen molar-refractivity contribution < 1.29 is 40.7 Å². The Bertz CT molecular complexity index is 980. The minimum absolute atomic E-state index is 0.219. The number of carbonyl (C=O) groups excluding carboxylic acids is 2. The summed E-state index contributed by atoms with van der Waals surface area (Å²) >= 11 is 3.00.